The van der Waals surface area contributed by atoms with Gasteiger partial charge in [0.05, 0.1) is 0 Å². The Kier molecular flexibility index (Phi) is 15.4. The van der Waals surface area contributed by atoms with E-state index in [-0.39, 0.29) is 151 Å². The minimum Gasteiger partial charge on any atom is -0.105 e. The Morgan fingerprint density at radius 1 is 0.423 bits per heavy atom. The van der Waals surface area contributed by atoms with Crippen LogP contribution in [0.2, 0.25) is 0 Å². The van der Waals surface area contributed by atoms with Crippen molar-refractivity contribution in [2.75, 3.05) is 0 Å². The molecule has 0 heterocycles. The van der Waals surface area contributed by atoms with Crippen LogP contribution in [0.15, 0.2) is 72.8 Å². The molecule has 0 N–H and O–H groups in total. The Morgan fingerprint density at radius 2 is 0.769 bits per heavy atom. The number of benzene rings is 4. The second kappa shape index (κ2) is 13.7. The van der Waals surface area contributed by atoms with Crippen LogP contribution in [0.25, 0.3) is 32.7 Å². The van der Waals surface area contributed by atoms with Crippen molar-refractivity contribution in [3.05, 3.63) is 72.8 Å². The summed E-state index contributed by atoms with van der Waals surface area (Å²) in [5.41, 5.74) is 2.62. The van der Waals surface area contributed by atoms with Crippen LogP contribution in [0.3, 0.4) is 0 Å². The molecular weight excluding hydrogens is 462 g/mol. The maximum absolute atomic E-state index is 2.90. The van der Waals surface area contributed by atoms with E-state index in [1.165, 1.54) is 43.3 Å². The summed E-state index contributed by atoms with van der Waals surface area (Å²) >= 11 is 0. The van der Waals surface area contributed by atoms with Gasteiger partial charge in [-0.25, -0.2) is 0 Å². The molecule has 4 aromatic rings. The van der Waals surface area contributed by atoms with E-state index in [0.717, 1.165) is 0 Å². The Hall–Kier alpha value is 3.30. The second-order valence-electron chi connectivity index (χ2n) is 5.50. The number of fused-ring (bicyclic) bond motifs is 2. The molecule has 26 heavy (non-hydrogen) atoms. The minimum absolute atomic E-state index is 0. The van der Waals surface area contributed by atoms with Crippen LogP contribution in [-0.2, 0) is 0 Å². The summed E-state index contributed by atoms with van der Waals surface area (Å²) in [5, 5.41) is 7.63. The van der Waals surface area contributed by atoms with Crippen molar-refractivity contribution in [1.29, 1.82) is 0 Å². The third-order valence-corrected chi connectivity index (χ3v) is 5.13. The fourth-order valence-corrected chi connectivity index (χ4v) is 3.93. The van der Waals surface area contributed by atoms with E-state index in [1.807, 2.05) is 0 Å². The van der Waals surface area contributed by atoms with E-state index in [9.17, 15) is 0 Å². The summed E-state index contributed by atoms with van der Waals surface area (Å²) in [6.07, 6.45) is 0. The van der Waals surface area contributed by atoms with Gasteiger partial charge in [-0.3, -0.25) is 0 Å². The first kappa shape index (κ1) is 29.3. The molecule has 4 aromatic carbocycles. The molecule has 2 unspecified atom stereocenters. The van der Waals surface area contributed by atoms with Gasteiger partial charge in [-0.05, 0) is 43.3 Å². The molecule has 0 aliphatic rings. The van der Waals surface area contributed by atoms with E-state index in [0.29, 0.717) is 0 Å². The van der Waals surface area contributed by atoms with Gasteiger partial charge in [0.2, 0.25) is 0 Å². The fraction of sp³-hybridized carbons (Fsp3) is 0. The van der Waals surface area contributed by atoms with Crippen LogP contribution in [0.1, 0.15) is 0 Å². The maximum Gasteiger partial charge on any atom is 0 e. The quantitative estimate of drug-likeness (QED) is 0.350. The van der Waals surface area contributed by atoms with Crippen molar-refractivity contribution >= 4 is 50.6 Å². The molecule has 0 amide bonds. The van der Waals surface area contributed by atoms with Gasteiger partial charge in [0.25, 0.3) is 0 Å². The van der Waals surface area contributed by atoms with Gasteiger partial charge < -0.3 is 0 Å². The summed E-state index contributed by atoms with van der Waals surface area (Å²) in [5.74, 6) is 0. The zero-order chi connectivity index (χ0) is 15.1. The third kappa shape index (κ3) is 6.17. The van der Waals surface area contributed by atoms with Crippen molar-refractivity contribution in [3.8, 4) is 11.1 Å². The third-order valence-electron chi connectivity index (χ3n) is 4.17. The van der Waals surface area contributed by atoms with E-state index in [2.05, 4.69) is 91.3 Å². The van der Waals surface area contributed by atoms with Crippen molar-refractivity contribution in [3.63, 3.8) is 0 Å². The van der Waals surface area contributed by atoms with Crippen LogP contribution in [0.4, 0.5) is 0 Å². The molecule has 138 valence electrons. The van der Waals surface area contributed by atoms with Crippen molar-refractivity contribution in [2.45, 2.75) is 0 Å². The van der Waals surface area contributed by atoms with Crippen LogP contribution in [0.5, 0.6) is 0 Å². The van der Waals surface area contributed by atoms with Crippen molar-refractivity contribution in [1.82, 2.24) is 0 Å². The van der Waals surface area contributed by atoms with E-state index >= 15 is 0 Å². The smallest absolute Gasteiger partial charge is 0 e. The van der Waals surface area contributed by atoms with Gasteiger partial charge in [0.1, 0.15) is 0 Å². The summed E-state index contributed by atoms with van der Waals surface area (Å²) < 4.78 is 0. The Labute approximate surface area is 279 Å². The average Bonchev–Trinajstić information content (AvgIpc) is 2.56. The first-order valence-electron chi connectivity index (χ1n) is 7.30. The predicted molar refractivity (Wildman–Crippen MR) is 106 cm³/mol. The molecule has 0 spiro atoms. The molecule has 4 rings (SSSR count). The molecular formula is C20H16Ar4P2. The van der Waals surface area contributed by atoms with Crippen molar-refractivity contribution in [2.24, 2.45) is 0 Å². The first-order valence-corrected chi connectivity index (χ1v) is 8.46. The molecule has 0 fully saturated rings. The molecule has 0 aromatic heterocycles. The molecule has 0 aliphatic carbocycles. The summed E-state index contributed by atoms with van der Waals surface area (Å²) in [7, 11) is 5.79. The monoisotopic (exact) mass is 478 g/mol. The molecule has 0 saturated carbocycles. The Bertz CT molecular complexity index is 936. The van der Waals surface area contributed by atoms with Crippen LogP contribution >= 0.6 is 18.5 Å². The predicted octanol–water partition coefficient (Wildman–Crippen LogP) is 4.66. The normalized spacial score (nSPS) is 9.46. The topological polar surface area (TPSA) is 0 Å². The van der Waals surface area contributed by atoms with Gasteiger partial charge in [-0.2, -0.15) is 0 Å². The largest absolute Gasteiger partial charge is 0.105 e. The molecule has 0 saturated heterocycles. The maximum atomic E-state index is 2.90. The Morgan fingerprint density at radius 3 is 1.15 bits per heavy atom. The zero-order valence-corrected chi connectivity index (χ0v) is 18.6. The van der Waals surface area contributed by atoms with Crippen LogP contribution < -0.4 is 10.6 Å². The Balaban J connectivity index is 0.00000156. The van der Waals surface area contributed by atoms with Gasteiger partial charge in [-0.1, -0.05) is 72.8 Å². The van der Waals surface area contributed by atoms with E-state index in [4.69, 9.17) is 0 Å². The number of rotatable bonds is 1. The molecule has 2 atom stereocenters. The molecule has 0 nitrogen and oxygen atoms in total. The van der Waals surface area contributed by atoms with Gasteiger partial charge >= 0.3 is 0 Å². The fourth-order valence-electron chi connectivity index (χ4n) is 3.13. The van der Waals surface area contributed by atoms with Crippen LogP contribution in [-0.4, -0.2) is 0 Å². The van der Waals surface area contributed by atoms with E-state index < -0.39 is 0 Å². The minimum atomic E-state index is 0. The van der Waals surface area contributed by atoms with E-state index in [1.54, 1.807) is 0 Å². The molecule has 0 aliphatic heterocycles. The van der Waals surface area contributed by atoms with Gasteiger partial charge in [0.15, 0.2) is 0 Å². The first-order chi connectivity index (χ1) is 10.8. The molecule has 6 heteroatoms. The van der Waals surface area contributed by atoms with Crippen LogP contribution in [0, 0.1) is 151 Å². The summed E-state index contributed by atoms with van der Waals surface area (Å²) in [6.45, 7) is 0. The number of hydrogen-bond acceptors (Lipinski definition) is 0. The zero-order valence-electron chi connectivity index (χ0n) is 13.5. The molecule has 0 bridgehead atoms. The average molecular weight is 478 g/mol. The summed E-state index contributed by atoms with van der Waals surface area (Å²) in [6, 6.07) is 26.0. The second-order valence-corrected chi connectivity index (χ2v) is 6.75. The van der Waals surface area contributed by atoms with Gasteiger partial charge in [-0.15, -0.1) is 18.5 Å². The SMILES string of the molecule is Pc1ccc2ccccc2c1-c1c(P)ccc2ccccc12.[Ar].[Ar].[Ar].[Ar]. The standard InChI is InChI=1S/C20H16P2.4Ar/c21-17-11-9-13-5-1-3-7-15(13)19(17)20-16-8-4-2-6-14(16)10-12-18(20)22;;;;/h1-12H,21-22H2;;;;. The molecule has 0 radical (unpaired) electrons. The van der Waals surface area contributed by atoms with Crippen molar-refractivity contribution < 1.29 is 151 Å². The van der Waals surface area contributed by atoms with Gasteiger partial charge in [0, 0.05) is 151 Å². The summed E-state index contributed by atoms with van der Waals surface area (Å²) in [4.78, 5) is 0. The number of hydrogen-bond donors (Lipinski definition) is 0.